The van der Waals surface area contributed by atoms with Crippen LogP contribution < -0.4 is 11.1 Å². The first-order valence-electron chi connectivity index (χ1n) is 4.68. The van der Waals surface area contributed by atoms with Crippen LogP contribution in [0.4, 0.5) is 5.69 Å². The third kappa shape index (κ3) is 3.47. The summed E-state index contributed by atoms with van der Waals surface area (Å²) in [6.07, 6.45) is 0. The zero-order chi connectivity index (χ0) is 11.6. The molecule has 0 bridgehead atoms. The zero-order valence-corrected chi connectivity index (χ0v) is 11.5. The van der Waals surface area contributed by atoms with Crippen LogP contribution >= 0.6 is 28.1 Å². The van der Waals surface area contributed by atoms with Crippen molar-refractivity contribution >= 4 is 38.8 Å². The van der Waals surface area contributed by atoms with Gasteiger partial charge >= 0.3 is 0 Å². The summed E-state index contributed by atoms with van der Waals surface area (Å²) in [7, 11) is 0. The van der Waals surface area contributed by atoms with Gasteiger partial charge in [0.25, 0.3) is 0 Å². The molecule has 0 heterocycles. The lowest BCUT2D eigenvalue weighted by Crippen LogP contribution is -2.28. The first kappa shape index (κ1) is 12.5. The Morgan fingerprint density at radius 2 is 2.00 bits per heavy atom. The minimum Gasteiger partial charge on any atom is -0.389 e. The molecular weight excluding hydrogens is 272 g/mol. The molecule has 0 saturated carbocycles. The van der Waals surface area contributed by atoms with E-state index in [1.807, 2.05) is 18.2 Å². The van der Waals surface area contributed by atoms with Gasteiger partial charge in [-0.1, -0.05) is 18.3 Å². The van der Waals surface area contributed by atoms with Crippen molar-refractivity contribution < 1.29 is 0 Å². The van der Waals surface area contributed by atoms with Crippen molar-refractivity contribution in [3.8, 4) is 0 Å². The summed E-state index contributed by atoms with van der Waals surface area (Å²) in [4.78, 5) is 0.397. The van der Waals surface area contributed by atoms with Crippen LogP contribution in [0.3, 0.4) is 0 Å². The van der Waals surface area contributed by atoms with Crippen LogP contribution in [0.1, 0.15) is 26.3 Å². The molecule has 0 radical (unpaired) electrons. The molecule has 0 aliphatic rings. The first-order valence-corrected chi connectivity index (χ1v) is 5.88. The number of hydrogen-bond acceptors (Lipinski definition) is 2. The van der Waals surface area contributed by atoms with Crippen molar-refractivity contribution in [2.24, 2.45) is 5.73 Å². The topological polar surface area (TPSA) is 38.0 Å². The van der Waals surface area contributed by atoms with Gasteiger partial charge < -0.3 is 11.1 Å². The molecule has 0 saturated heterocycles. The van der Waals surface area contributed by atoms with Crippen molar-refractivity contribution in [1.29, 1.82) is 0 Å². The average molecular weight is 287 g/mol. The van der Waals surface area contributed by atoms with Gasteiger partial charge in [0, 0.05) is 21.3 Å². The predicted molar refractivity (Wildman–Crippen MR) is 73.4 cm³/mol. The summed E-state index contributed by atoms with van der Waals surface area (Å²) in [6, 6.07) is 5.87. The Balaban J connectivity index is 3.18. The van der Waals surface area contributed by atoms with Crippen LogP contribution in [0.15, 0.2) is 22.7 Å². The minimum absolute atomic E-state index is 0.0136. The van der Waals surface area contributed by atoms with E-state index in [4.69, 9.17) is 18.0 Å². The number of nitrogens with two attached hydrogens (primary N) is 1. The third-order valence-corrected chi connectivity index (χ3v) is 2.63. The molecule has 1 rings (SSSR count). The monoisotopic (exact) mass is 286 g/mol. The summed E-state index contributed by atoms with van der Waals surface area (Å²) < 4.78 is 0.921. The lowest BCUT2D eigenvalue weighted by atomic mass is 10.1. The summed E-state index contributed by atoms with van der Waals surface area (Å²) >= 11 is 8.48. The maximum atomic E-state index is 5.70. The van der Waals surface area contributed by atoms with Crippen molar-refractivity contribution in [3.63, 3.8) is 0 Å². The summed E-state index contributed by atoms with van der Waals surface area (Å²) in [5.74, 6) is 0. The molecule has 0 unspecified atom stereocenters. The van der Waals surface area contributed by atoms with E-state index < -0.39 is 0 Å². The van der Waals surface area contributed by atoms with Gasteiger partial charge in [0.15, 0.2) is 0 Å². The highest BCUT2D eigenvalue weighted by Crippen LogP contribution is 2.26. The molecule has 4 heteroatoms. The zero-order valence-electron chi connectivity index (χ0n) is 9.10. The average Bonchev–Trinajstić information content (AvgIpc) is 1.99. The fraction of sp³-hybridized carbons (Fsp3) is 0.364. The fourth-order valence-corrected chi connectivity index (χ4v) is 2.21. The Hall–Kier alpha value is -0.610. The molecule has 0 spiro atoms. The molecule has 2 nitrogen and oxygen atoms in total. The van der Waals surface area contributed by atoms with Crippen LogP contribution in [0.25, 0.3) is 0 Å². The number of nitrogens with one attached hydrogen (secondary N) is 1. The molecule has 0 aliphatic carbocycles. The van der Waals surface area contributed by atoms with Gasteiger partial charge in [0.05, 0.1) is 0 Å². The minimum atomic E-state index is -0.0136. The van der Waals surface area contributed by atoms with Gasteiger partial charge in [-0.05, 0) is 48.8 Å². The van der Waals surface area contributed by atoms with Crippen LogP contribution in [-0.4, -0.2) is 10.5 Å². The van der Waals surface area contributed by atoms with Crippen molar-refractivity contribution in [2.75, 3.05) is 5.32 Å². The molecule has 1 aromatic carbocycles. The lowest BCUT2D eigenvalue weighted by molar-refractivity contribution is 0.634. The second-order valence-corrected chi connectivity index (χ2v) is 5.70. The number of halogens is 1. The van der Waals surface area contributed by atoms with Crippen molar-refractivity contribution in [1.82, 2.24) is 0 Å². The standard InChI is InChI=1S/C11H15BrN2S/c1-11(2,3)14-8-6-4-5-7(12)9(8)10(13)15/h4-6,14H,1-3H3,(H2,13,15). The second-order valence-electron chi connectivity index (χ2n) is 4.40. The molecule has 3 N–H and O–H groups in total. The predicted octanol–water partition coefficient (Wildman–Crippen LogP) is 3.29. The van der Waals surface area contributed by atoms with E-state index in [0.29, 0.717) is 4.99 Å². The molecule has 1 aromatic rings. The van der Waals surface area contributed by atoms with Crippen molar-refractivity contribution in [2.45, 2.75) is 26.3 Å². The summed E-state index contributed by atoms with van der Waals surface area (Å²) in [5, 5.41) is 3.37. The second kappa shape index (κ2) is 4.49. The van der Waals surface area contributed by atoms with Crippen LogP contribution in [0, 0.1) is 0 Å². The van der Waals surface area contributed by atoms with Gasteiger partial charge in [-0.25, -0.2) is 0 Å². The van der Waals surface area contributed by atoms with E-state index >= 15 is 0 Å². The highest BCUT2D eigenvalue weighted by atomic mass is 79.9. The van der Waals surface area contributed by atoms with E-state index in [2.05, 4.69) is 42.0 Å². The molecule has 0 aliphatic heterocycles. The molecule has 82 valence electrons. The van der Waals surface area contributed by atoms with Crippen molar-refractivity contribution in [3.05, 3.63) is 28.2 Å². The summed E-state index contributed by atoms with van der Waals surface area (Å²) in [6.45, 7) is 6.28. The lowest BCUT2D eigenvalue weighted by Gasteiger charge is -2.24. The Morgan fingerprint density at radius 3 is 2.47 bits per heavy atom. The Morgan fingerprint density at radius 1 is 1.40 bits per heavy atom. The van der Waals surface area contributed by atoms with Crippen LogP contribution in [-0.2, 0) is 0 Å². The van der Waals surface area contributed by atoms with E-state index in [1.165, 1.54) is 0 Å². The van der Waals surface area contributed by atoms with E-state index in [-0.39, 0.29) is 5.54 Å². The maximum Gasteiger partial charge on any atom is 0.107 e. The molecular formula is C11H15BrN2S. The number of thiocarbonyl (C=S) groups is 1. The smallest absolute Gasteiger partial charge is 0.107 e. The quantitative estimate of drug-likeness (QED) is 0.820. The molecule has 0 amide bonds. The van der Waals surface area contributed by atoms with Gasteiger partial charge in [-0.15, -0.1) is 0 Å². The first-order chi connectivity index (χ1) is 6.81. The Bertz CT molecular complexity index is 383. The normalized spacial score (nSPS) is 11.2. The van der Waals surface area contributed by atoms with Gasteiger partial charge in [0.1, 0.15) is 4.99 Å². The Labute approximate surface area is 104 Å². The van der Waals surface area contributed by atoms with E-state index in [1.54, 1.807) is 0 Å². The number of anilines is 1. The molecule has 0 aromatic heterocycles. The SMILES string of the molecule is CC(C)(C)Nc1cccc(Br)c1C(N)=S. The van der Waals surface area contributed by atoms with Gasteiger partial charge in [0.2, 0.25) is 0 Å². The molecule has 15 heavy (non-hydrogen) atoms. The maximum absolute atomic E-state index is 5.70. The van der Waals surface area contributed by atoms with Gasteiger partial charge in [-0.2, -0.15) is 0 Å². The van der Waals surface area contributed by atoms with Gasteiger partial charge in [-0.3, -0.25) is 0 Å². The number of benzene rings is 1. The molecule has 0 atom stereocenters. The highest BCUT2D eigenvalue weighted by Gasteiger charge is 2.14. The largest absolute Gasteiger partial charge is 0.389 e. The number of rotatable bonds is 2. The fourth-order valence-electron chi connectivity index (χ4n) is 1.28. The van der Waals surface area contributed by atoms with E-state index in [0.717, 1.165) is 15.7 Å². The van der Waals surface area contributed by atoms with E-state index in [9.17, 15) is 0 Å². The highest BCUT2D eigenvalue weighted by molar-refractivity contribution is 9.10. The molecule has 0 fully saturated rings. The number of hydrogen-bond donors (Lipinski definition) is 2. The van der Waals surface area contributed by atoms with Crippen LogP contribution in [0.5, 0.6) is 0 Å². The summed E-state index contributed by atoms with van der Waals surface area (Å²) in [5.41, 5.74) is 7.51. The van der Waals surface area contributed by atoms with Crippen LogP contribution in [0.2, 0.25) is 0 Å². The Kier molecular flexibility index (Phi) is 3.73. The third-order valence-electron chi connectivity index (χ3n) is 1.77.